The third-order valence-electron chi connectivity index (χ3n) is 11.3. The molecule has 2 heterocycles. The topological polar surface area (TPSA) is 7.76 Å². The largest absolute Gasteiger partial charge is 0.205 e. The van der Waals surface area contributed by atoms with Gasteiger partial charge in [-0.2, -0.15) is 0 Å². The van der Waals surface area contributed by atoms with Crippen molar-refractivity contribution < 1.29 is 9.13 Å². The molecule has 262 valence electrons. The zero-order valence-electron chi connectivity index (χ0n) is 31.6. The summed E-state index contributed by atoms with van der Waals surface area (Å²) in [6.45, 7) is 11.4. The van der Waals surface area contributed by atoms with Gasteiger partial charge in [-0.05, 0) is 69.5 Å². The lowest BCUT2D eigenvalue weighted by Gasteiger charge is -2.33. The van der Waals surface area contributed by atoms with Crippen molar-refractivity contribution in [2.75, 3.05) is 0 Å². The number of hydrogen-bond donors (Lipinski definition) is 0. The quantitative estimate of drug-likeness (QED) is 0.0586. The van der Waals surface area contributed by atoms with Crippen LogP contribution in [0, 0.1) is 0 Å². The molecular formula is C47H66N2+2. The van der Waals surface area contributed by atoms with Gasteiger partial charge in [0.15, 0.2) is 24.8 Å². The normalized spacial score (nSPS) is 13.1. The van der Waals surface area contributed by atoms with E-state index in [1.807, 2.05) is 0 Å². The number of rotatable bonds is 22. The number of aromatic nitrogens is 2. The highest BCUT2D eigenvalue weighted by Crippen LogP contribution is 2.55. The Bertz CT molecular complexity index is 1430. The van der Waals surface area contributed by atoms with Crippen molar-refractivity contribution in [3.8, 4) is 33.4 Å². The third kappa shape index (κ3) is 9.50. The fourth-order valence-electron chi connectivity index (χ4n) is 8.21. The first kappa shape index (κ1) is 37.0. The Kier molecular flexibility index (Phi) is 14.5. The first-order valence-electron chi connectivity index (χ1n) is 20.4. The Labute approximate surface area is 300 Å². The van der Waals surface area contributed by atoms with Gasteiger partial charge in [0.2, 0.25) is 0 Å². The molecule has 0 saturated carbocycles. The molecule has 2 nitrogen and oxygen atoms in total. The minimum Gasteiger partial charge on any atom is -0.205 e. The second-order valence-electron chi connectivity index (χ2n) is 15.0. The number of pyridine rings is 2. The molecule has 0 amide bonds. The summed E-state index contributed by atoms with van der Waals surface area (Å²) in [6.07, 6.45) is 32.7. The van der Waals surface area contributed by atoms with Crippen LogP contribution < -0.4 is 9.13 Å². The van der Waals surface area contributed by atoms with Gasteiger partial charge in [0.25, 0.3) is 0 Å². The number of fused-ring (bicyclic) bond motifs is 3. The highest BCUT2D eigenvalue weighted by atomic mass is 14.9. The fourth-order valence-corrected chi connectivity index (χ4v) is 8.21. The van der Waals surface area contributed by atoms with Gasteiger partial charge in [-0.25, -0.2) is 9.13 Å². The van der Waals surface area contributed by atoms with Crippen LogP contribution in [0.15, 0.2) is 85.5 Å². The van der Waals surface area contributed by atoms with Crippen LogP contribution in [0.3, 0.4) is 0 Å². The molecule has 0 radical (unpaired) electrons. The average molecular weight is 659 g/mol. The summed E-state index contributed by atoms with van der Waals surface area (Å²) < 4.78 is 4.68. The van der Waals surface area contributed by atoms with Gasteiger partial charge in [0, 0.05) is 42.5 Å². The molecule has 0 fully saturated rings. The maximum atomic E-state index is 2.61. The smallest absolute Gasteiger partial charge is 0.169 e. The summed E-state index contributed by atoms with van der Waals surface area (Å²) in [4.78, 5) is 0. The molecule has 0 saturated heterocycles. The lowest BCUT2D eigenvalue weighted by molar-refractivity contribution is -0.697. The van der Waals surface area contributed by atoms with Crippen molar-refractivity contribution in [2.24, 2.45) is 0 Å². The maximum Gasteiger partial charge on any atom is 0.169 e. The van der Waals surface area contributed by atoms with Gasteiger partial charge in [-0.15, -0.1) is 0 Å². The van der Waals surface area contributed by atoms with Crippen molar-refractivity contribution in [1.82, 2.24) is 0 Å². The molecule has 5 rings (SSSR count). The van der Waals surface area contributed by atoms with Crippen LogP contribution in [0.5, 0.6) is 0 Å². The van der Waals surface area contributed by atoms with Crippen LogP contribution in [0.25, 0.3) is 33.4 Å². The van der Waals surface area contributed by atoms with E-state index in [9.17, 15) is 0 Å². The lowest BCUT2D eigenvalue weighted by atomic mass is 9.70. The molecule has 0 bridgehead atoms. The van der Waals surface area contributed by atoms with E-state index in [1.165, 1.54) is 149 Å². The fraction of sp³-hybridized carbons (Fsp3) is 0.532. The molecule has 4 aromatic rings. The number of unbranched alkanes of at least 4 members (excludes halogenated alkanes) is 12. The van der Waals surface area contributed by atoms with Gasteiger partial charge in [0.1, 0.15) is 13.1 Å². The standard InChI is InChI=1S/C47H66N2/c1-5-9-13-15-17-19-29-47(30-20-18-16-14-10-6-2)45-37-41(39-25-33-48(34-26-39)31-11-7-3)21-23-43(45)44-24-22-42(38-46(44)47)40-27-35-49(36-28-40)32-12-8-4/h21-28,33-38H,5-20,29-32H2,1-4H3/q+2. The van der Waals surface area contributed by atoms with E-state index in [0.717, 1.165) is 13.1 Å². The molecule has 1 aliphatic carbocycles. The van der Waals surface area contributed by atoms with Crippen molar-refractivity contribution in [3.63, 3.8) is 0 Å². The molecule has 2 heteroatoms. The Morgan fingerprint density at radius 3 is 1.14 bits per heavy atom. The molecule has 1 aliphatic rings. The van der Waals surface area contributed by atoms with Gasteiger partial charge < -0.3 is 0 Å². The summed E-state index contributed by atoms with van der Waals surface area (Å²) in [5.41, 5.74) is 11.6. The Morgan fingerprint density at radius 1 is 0.388 bits per heavy atom. The number of nitrogens with zero attached hydrogens (tertiary/aromatic N) is 2. The molecule has 0 unspecified atom stereocenters. The minimum atomic E-state index is 0.0673. The predicted molar refractivity (Wildman–Crippen MR) is 210 cm³/mol. The Morgan fingerprint density at radius 2 is 0.755 bits per heavy atom. The monoisotopic (exact) mass is 659 g/mol. The van der Waals surface area contributed by atoms with E-state index in [4.69, 9.17) is 0 Å². The highest BCUT2D eigenvalue weighted by molar-refractivity contribution is 5.86. The third-order valence-corrected chi connectivity index (χ3v) is 11.3. The first-order valence-corrected chi connectivity index (χ1v) is 20.4. The molecule has 0 atom stereocenters. The Hall–Kier alpha value is -3.26. The van der Waals surface area contributed by atoms with E-state index < -0.39 is 0 Å². The van der Waals surface area contributed by atoms with Gasteiger partial charge in [0.05, 0.1) is 0 Å². The SMILES string of the molecule is CCCCCCCCC1(CCCCCCCC)c2cc(-c3cc[n+](CCCC)cc3)ccc2-c2ccc(-c3cc[n+](CCCC)cc3)cc21. The first-order chi connectivity index (χ1) is 24.1. The second-order valence-corrected chi connectivity index (χ2v) is 15.0. The number of hydrogen-bond acceptors (Lipinski definition) is 0. The summed E-state index contributed by atoms with van der Waals surface area (Å²) >= 11 is 0. The van der Waals surface area contributed by atoms with Crippen molar-refractivity contribution in [1.29, 1.82) is 0 Å². The zero-order chi connectivity index (χ0) is 34.3. The predicted octanol–water partition coefficient (Wildman–Crippen LogP) is 13.0. The van der Waals surface area contributed by atoms with Gasteiger partial charge in [-0.3, -0.25) is 0 Å². The number of aryl methyl sites for hydroxylation is 2. The summed E-state index contributed by atoms with van der Waals surface area (Å²) in [7, 11) is 0. The van der Waals surface area contributed by atoms with Crippen molar-refractivity contribution >= 4 is 0 Å². The summed E-state index contributed by atoms with van der Waals surface area (Å²) in [6, 6.07) is 24.3. The van der Waals surface area contributed by atoms with Crippen molar-refractivity contribution in [3.05, 3.63) is 96.6 Å². The second kappa shape index (κ2) is 19.2. The molecule has 0 aliphatic heterocycles. The maximum absolute atomic E-state index is 2.61. The molecule has 2 aromatic carbocycles. The molecule has 0 spiro atoms. The van der Waals surface area contributed by atoms with E-state index >= 15 is 0 Å². The summed E-state index contributed by atoms with van der Waals surface area (Å²) in [5.74, 6) is 0. The van der Waals surface area contributed by atoms with E-state index in [-0.39, 0.29) is 5.41 Å². The lowest BCUT2D eigenvalue weighted by Crippen LogP contribution is -2.32. The molecule has 49 heavy (non-hydrogen) atoms. The van der Waals surface area contributed by atoms with Crippen LogP contribution >= 0.6 is 0 Å². The molecular weight excluding hydrogens is 593 g/mol. The van der Waals surface area contributed by atoms with Crippen molar-refractivity contribution in [2.45, 2.75) is 162 Å². The molecule has 0 N–H and O–H groups in total. The van der Waals surface area contributed by atoms with Crippen LogP contribution in [0.1, 0.15) is 154 Å². The van der Waals surface area contributed by atoms with Crippen LogP contribution in [0.2, 0.25) is 0 Å². The van der Waals surface area contributed by atoms with E-state index in [2.05, 4.69) is 122 Å². The van der Waals surface area contributed by atoms with Gasteiger partial charge >= 0.3 is 0 Å². The average Bonchev–Trinajstić information content (AvgIpc) is 3.41. The zero-order valence-corrected chi connectivity index (χ0v) is 31.6. The summed E-state index contributed by atoms with van der Waals surface area (Å²) in [5, 5.41) is 0. The minimum absolute atomic E-state index is 0.0673. The Balaban J connectivity index is 1.53. The number of benzene rings is 2. The van der Waals surface area contributed by atoms with E-state index in [0.29, 0.717) is 0 Å². The highest BCUT2D eigenvalue weighted by Gasteiger charge is 2.42. The van der Waals surface area contributed by atoms with Crippen LogP contribution in [0.4, 0.5) is 0 Å². The van der Waals surface area contributed by atoms with Gasteiger partial charge in [-0.1, -0.05) is 142 Å². The molecule has 2 aromatic heterocycles. The van der Waals surface area contributed by atoms with E-state index in [1.54, 1.807) is 11.1 Å². The van der Waals surface area contributed by atoms with Crippen LogP contribution in [-0.4, -0.2) is 0 Å². The van der Waals surface area contributed by atoms with Crippen LogP contribution in [-0.2, 0) is 18.5 Å².